The summed E-state index contributed by atoms with van der Waals surface area (Å²) < 4.78 is 0. The molecule has 1 aromatic carbocycles. The van der Waals surface area contributed by atoms with E-state index in [1.807, 2.05) is 0 Å². The number of nitrogens with one attached hydrogen (secondary N) is 3. The minimum atomic E-state index is -0.105. The van der Waals surface area contributed by atoms with Crippen LogP contribution in [0.1, 0.15) is 19.8 Å². The lowest BCUT2D eigenvalue weighted by Gasteiger charge is -2.21. The van der Waals surface area contributed by atoms with Crippen LogP contribution in [0.2, 0.25) is 0 Å². The number of anilines is 2. The second-order valence-corrected chi connectivity index (χ2v) is 4.77. The number of rotatable bonds is 3. The largest absolute Gasteiger partial charge is 0.326 e. The molecule has 0 spiro atoms. The molecule has 0 aromatic heterocycles. The number of benzene rings is 1. The van der Waals surface area contributed by atoms with Crippen LogP contribution in [0.25, 0.3) is 0 Å². The van der Waals surface area contributed by atoms with E-state index in [1.54, 1.807) is 24.3 Å². The Kier molecular flexibility index (Phi) is 4.52. The van der Waals surface area contributed by atoms with E-state index in [0.29, 0.717) is 0 Å². The second kappa shape index (κ2) is 6.33. The number of piperidine rings is 1. The van der Waals surface area contributed by atoms with Gasteiger partial charge in [0.1, 0.15) is 0 Å². The quantitative estimate of drug-likeness (QED) is 0.773. The molecule has 5 nitrogen and oxygen atoms in total. The first-order valence-corrected chi connectivity index (χ1v) is 6.54. The molecule has 1 fully saturated rings. The van der Waals surface area contributed by atoms with Gasteiger partial charge in [-0.1, -0.05) is 0 Å². The first kappa shape index (κ1) is 13.5. The van der Waals surface area contributed by atoms with E-state index in [1.165, 1.54) is 6.92 Å². The standard InChI is InChI=1S/C14H19N3O2/c1-10(18)16-12-2-4-13(5-3-12)17-14(19)11-6-8-15-9-7-11/h2-5,11,15H,6-9H2,1H3,(H,16,18)(H,17,19). The van der Waals surface area contributed by atoms with Crippen LogP contribution in [0.5, 0.6) is 0 Å². The summed E-state index contributed by atoms with van der Waals surface area (Å²) in [4.78, 5) is 22.9. The lowest BCUT2D eigenvalue weighted by Crippen LogP contribution is -2.34. The van der Waals surface area contributed by atoms with Gasteiger partial charge in [-0.05, 0) is 50.2 Å². The van der Waals surface area contributed by atoms with Crippen molar-refractivity contribution in [2.45, 2.75) is 19.8 Å². The molecule has 5 heteroatoms. The van der Waals surface area contributed by atoms with Crippen LogP contribution in [0, 0.1) is 5.92 Å². The molecule has 0 saturated carbocycles. The first-order chi connectivity index (χ1) is 9.15. The summed E-state index contributed by atoms with van der Waals surface area (Å²) in [5, 5.41) is 8.84. The highest BCUT2D eigenvalue weighted by molar-refractivity contribution is 5.93. The molecule has 0 bridgehead atoms. The van der Waals surface area contributed by atoms with Crippen LogP contribution in [-0.4, -0.2) is 24.9 Å². The molecule has 0 aliphatic carbocycles. The molecule has 102 valence electrons. The Labute approximate surface area is 112 Å². The predicted octanol–water partition coefficient (Wildman–Crippen LogP) is 1.58. The van der Waals surface area contributed by atoms with Crippen LogP contribution in [0.3, 0.4) is 0 Å². The van der Waals surface area contributed by atoms with Crippen molar-refractivity contribution in [2.75, 3.05) is 23.7 Å². The van der Waals surface area contributed by atoms with Gasteiger partial charge in [-0.2, -0.15) is 0 Å². The van der Waals surface area contributed by atoms with Gasteiger partial charge in [0.2, 0.25) is 11.8 Å². The zero-order chi connectivity index (χ0) is 13.7. The van der Waals surface area contributed by atoms with E-state index in [9.17, 15) is 9.59 Å². The number of carbonyl (C=O) groups excluding carboxylic acids is 2. The maximum absolute atomic E-state index is 12.0. The Morgan fingerprint density at radius 3 is 2.11 bits per heavy atom. The summed E-state index contributed by atoms with van der Waals surface area (Å²) in [7, 11) is 0. The summed E-state index contributed by atoms with van der Waals surface area (Å²) in [5.41, 5.74) is 1.49. The van der Waals surface area contributed by atoms with Crippen LogP contribution >= 0.6 is 0 Å². The highest BCUT2D eigenvalue weighted by Gasteiger charge is 2.20. The molecule has 2 amide bonds. The molecule has 0 unspecified atom stereocenters. The maximum atomic E-state index is 12.0. The topological polar surface area (TPSA) is 70.2 Å². The monoisotopic (exact) mass is 261 g/mol. The summed E-state index contributed by atoms with van der Waals surface area (Å²) in [5.74, 6) is 0.0662. The second-order valence-electron chi connectivity index (χ2n) is 4.77. The molecule has 19 heavy (non-hydrogen) atoms. The summed E-state index contributed by atoms with van der Waals surface area (Å²) in [6.45, 7) is 3.27. The molecular formula is C14H19N3O2. The van der Waals surface area contributed by atoms with Crippen molar-refractivity contribution in [3.8, 4) is 0 Å². The van der Waals surface area contributed by atoms with Gasteiger partial charge in [-0.15, -0.1) is 0 Å². The molecule has 2 rings (SSSR count). The third kappa shape index (κ3) is 4.06. The van der Waals surface area contributed by atoms with E-state index in [0.717, 1.165) is 37.3 Å². The summed E-state index contributed by atoms with van der Waals surface area (Å²) in [6, 6.07) is 7.15. The molecule has 0 atom stereocenters. The van der Waals surface area contributed by atoms with E-state index in [-0.39, 0.29) is 17.7 Å². The van der Waals surface area contributed by atoms with E-state index in [2.05, 4.69) is 16.0 Å². The van der Waals surface area contributed by atoms with Crippen LogP contribution < -0.4 is 16.0 Å². The average molecular weight is 261 g/mol. The SMILES string of the molecule is CC(=O)Nc1ccc(NC(=O)C2CCNCC2)cc1. The molecule has 3 N–H and O–H groups in total. The van der Waals surface area contributed by atoms with Crippen molar-refractivity contribution in [3.05, 3.63) is 24.3 Å². The van der Waals surface area contributed by atoms with Crippen molar-refractivity contribution in [1.82, 2.24) is 5.32 Å². The van der Waals surface area contributed by atoms with Gasteiger partial charge in [-0.3, -0.25) is 9.59 Å². The van der Waals surface area contributed by atoms with Crippen molar-refractivity contribution in [1.29, 1.82) is 0 Å². The summed E-state index contributed by atoms with van der Waals surface area (Å²) in [6.07, 6.45) is 1.77. The molecule has 1 aromatic rings. The fraction of sp³-hybridized carbons (Fsp3) is 0.429. The van der Waals surface area contributed by atoms with Gasteiger partial charge < -0.3 is 16.0 Å². The fourth-order valence-electron chi connectivity index (χ4n) is 2.17. The van der Waals surface area contributed by atoms with Crippen molar-refractivity contribution < 1.29 is 9.59 Å². The third-order valence-electron chi connectivity index (χ3n) is 3.18. The lowest BCUT2D eigenvalue weighted by atomic mass is 9.97. The Hall–Kier alpha value is -1.88. The van der Waals surface area contributed by atoms with Gasteiger partial charge in [0.25, 0.3) is 0 Å². The van der Waals surface area contributed by atoms with Gasteiger partial charge in [0, 0.05) is 24.2 Å². The zero-order valence-electron chi connectivity index (χ0n) is 11.0. The Morgan fingerprint density at radius 2 is 1.58 bits per heavy atom. The lowest BCUT2D eigenvalue weighted by molar-refractivity contribution is -0.120. The Balaban J connectivity index is 1.91. The Morgan fingerprint density at radius 1 is 1.05 bits per heavy atom. The smallest absolute Gasteiger partial charge is 0.227 e. The van der Waals surface area contributed by atoms with E-state index in [4.69, 9.17) is 0 Å². The van der Waals surface area contributed by atoms with Crippen LogP contribution in [0.15, 0.2) is 24.3 Å². The fourth-order valence-corrected chi connectivity index (χ4v) is 2.17. The molecule has 1 saturated heterocycles. The van der Waals surface area contributed by atoms with Gasteiger partial charge in [0.15, 0.2) is 0 Å². The van der Waals surface area contributed by atoms with Gasteiger partial charge in [0.05, 0.1) is 0 Å². The molecule has 1 aliphatic rings. The number of hydrogen-bond acceptors (Lipinski definition) is 3. The molecule has 1 heterocycles. The van der Waals surface area contributed by atoms with E-state index < -0.39 is 0 Å². The zero-order valence-corrected chi connectivity index (χ0v) is 11.0. The number of carbonyl (C=O) groups is 2. The van der Waals surface area contributed by atoms with Gasteiger partial charge >= 0.3 is 0 Å². The van der Waals surface area contributed by atoms with Crippen molar-refractivity contribution in [3.63, 3.8) is 0 Å². The van der Waals surface area contributed by atoms with Crippen molar-refractivity contribution in [2.24, 2.45) is 5.92 Å². The predicted molar refractivity (Wildman–Crippen MR) is 75.0 cm³/mol. The van der Waals surface area contributed by atoms with Crippen molar-refractivity contribution >= 4 is 23.2 Å². The molecule has 1 aliphatic heterocycles. The van der Waals surface area contributed by atoms with Gasteiger partial charge in [-0.25, -0.2) is 0 Å². The maximum Gasteiger partial charge on any atom is 0.227 e. The summed E-state index contributed by atoms with van der Waals surface area (Å²) >= 11 is 0. The highest BCUT2D eigenvalue weighted by atomic mass is 16.2. The molecule has 0 radical (unpaired) electrons. The normalized spacial score (nSPS) is 15.8. The number of amides is 2. The third-order valence-corrected chi connectivity index (χ3v) is 3.18. The minimum Gasteiger partial charge on any atom is -0.326 e. The van der Waals surface area contributed by atoms with Crippen LogP contribution in [0.4, 0.5) is 11.4 Å². The van der Waals surface area contributed by atoms with E-state index >= 15 is 0 Å². The molecular weight excluding hydrogens is 242 g/mol. The average Bonchev–Trinajstić information content (AvgIpc) is 2.41. The first-order valence-electron chi connectivity index (χ1n) is 6.54. The van der Waals surface area contributed by atoms with Crippen LogP contribution in [-0.2, 0) is 9.59 Å². The highest BCUT2D eigenvalue weighted by Crippen LogP contribution is 2.17. The number of hydrogen-bond donors (Lipinski definition) is 3. The minimum absolute atomic E-state index is 0.0776. The Bertz CT molecular complexity index is 450.